The zero-order chi connectivity index (χ0) is 33.9. The smallest absolute Gasteiger partial charge is 0.287 e. The van der Waals surface area contributed by atoms with Crippen LogP contribution in [0.3, 0.4) is 0 Å². The molecule has 8 aromatic rings. The van der Waals surface area contributed by atoms with E-state index in [1.54, 1.807) is 12.4 Å². The maximum absolute atomic E-state index is 13.6. The zero-order valence-corrected chi connectivity index (χ0v) is 26.8. The van der Waals surface area contributed by atoms with Crippen molar-refractivity contribution in [3.63, 3.8) is 0 Å². The number of amides is 1. The van der Waals surface area contributed by atoms with E-state index < -0.39 is 17.5 Å². The molecule has 3 heterocycles. The molecule has 0 bridgehead atoms. The van der Waals surface area contributed by atoms with E-state index >= 15 is 0 Å². The number of H-pyrrole nitrogens is 1. The van der Waals surface area contributed by atoms with Crippen LogP contribution in [0.15, 0.2) is 164 Å². The summed E-state index contributed by atoms with van der Waals surface area (Å²) >= 11 is 0. The first-order chi connectivity index (χ1) is 24.7. The van der Waals surface area contributed by atoms with Crippen LogP contribution in [-0.4, -0.2) is 36.6 Å². The summed E-state index contributed by atoms with van der Waals surface area (Å²) in [6.45, 7) is 0. The number of aromatic amines is 1. The summed E-state index contributed by atoms with van der Waals surface area (Å²) in [5.41, 5.74) is 6.71. The predicted octanol–water partition coefficient (Wildman–Crippen LogP) is 7.67. The maximum Gasteiger partial charge on any atom is 0.287 e. The monoisotopic (exact) mass is 650 g/mol. The van der Waals surface area contributed by atoms with Crippen LogP contribution in [0.5, 0.6) is 0 Å². The van der Waals surface area contributed by atoms with Gasteiger partial charge in [0.15, 0.2) is 5.82 Å². The number of hydrogen-bond donors (Lipinski definition) is 2. The van der Waals surface area contributed by atoms with Crippen LogP contribution < -0.4 is 5.32 Å². The van der Waals surface area contributed by atoms with Crippen molar-refractivity contribution >= 4 is 33.8 Å². The summed E-state index contributed by atoms with van der Waals surface area (Å²) in [7, 11) is 0. The third-order valence-corrected chi connectivity index (χ3v) is 9.02. The van der Waals surface area contributed by atoms with Gasteiger partial charge in [-0.3, -0.25) is 9.78 Å². The van der Waals surface area contributed by atoms with Crippen molar-refractivity contribution in [2.24, 2.45) is 0 Å². The Bertz CT molecular complexity index is 2380. The standard InChI is InChI=1S/C42H30N6O2/c49-26-23-35(29-13-5-1-6-14-29)46-41(50)40-44-36-27-34-38(28-37(36)45-40)48(47-39(34)30-21-24-43-25-22-30)42(31-15-7-2-8-16-31,32-17-9-3-10-18-32)33-19-11-4-12-20-33/h1-25,27-28,35H,(H,44,45)(H,46,50). The Hall–Kier alpha value is -6.89. The molecule has 1 unspecified atom stereocenters. The van der Waals surface area contributed by atoms with Crippen LogP contribution in [0, 0.1) is 0 Å². The largest absolute Gasteiger partial charge is 0.338 e. The van der Waals surface area contributed by atoms with Crippen LogP contribution >= 0.6 is 0 Å². The van der Waals surface area contributed by atoms with Gasteiger partial charge in [0.05, 0.1) is 22.6 Å². The molecule has 8 nitrogen and oxygen atoms in total. The number of benzene rings is 5. The number of imidazole rings is 1. The number of nitrogens with one attached hydrogen (secondary N) is 2. The molecule has 0 fully saturated rings. The Morgan fingerprint density at radius 2 is 1.32 bits per heavy atom. The number of nitrogens with zero attached hydrogens (tertiary/aromatic N) is 4. The van der Waals surface area contributed by atoms with Gasteiger partial charge in [0.2, 0.25) is 0 Å². The van der Waals surface area contributed by atoms with Crippen molar-refractivity contribution in [1.29, 1.82) is 0 Å². The van der Waals surface area contributed by atoms with Crippen LogP contribution in [0.4, 0.5) is 0 Å². The van der Waals surface area contributed by atoms with Crippen LogP contribution in [-0.2, 0) is 10.3 Å². The van der Waals surface area contributed by atoms with Gasteiger partial charge in [-0.2, -0.15) is 5.10 Å². The second kappa shape index (κ2) is 13.0. The minimum atomic E-state index is -0.884. The summed E-state index contributed by atoms with van der Waals surface area (Å²) in [6, 6.07) is 47.6. The van der Waals surface area contributed by atoms with Crippen LogP contribution in [0.2, 0.25) is 0 Å². The summed E-state index contributed by atoms with van der Waals surface area (Å²) in [5, 5.41) is 9.21. The van der Waals surface area contributed by atoms with Crippen LogP contribution in [0.1, 0.15) is 38.9 Å². The predicted molar refractivity (Wildman–Crippen MR) is 194 cm³/mol. The molecule has 0 spiro atoms. The van der Waals surface area contributed by atoms with E-state index in [4.69, 9.17) is 10.1 Å². The van der Waals surface area contributed by atoms with E-state index in [1.165, 1.54) is 6.08 Å². The van der Waals surface area contributed by atoms with E-state index in [0.717, 1.165) is 44.4 Å². The molecule has 1 atom stereocenters. The fourth-order valence-corrected chi connectivity index (χ4v) is 6.77. The Kier molecular flexibility index (Phi) is 7.89. The Morgan fingerprint density at radius 1 is 0.760 bits per heavy atom. The lowest BCUT2D eigenvalue weighted by atomic mass is 9.77. The van der Waals surface area contributed by atoms with Gasteiger partial charge in [-0.25, -0.2) is 14.5 Å². The van der Waals surface area contributed by atoms with E-state index in [2.05, 4.69) is 56.4 Å². The van der Waals surface area contributed by atoms with E-state index in [9.17, 15) is 9.59 Å². The molecule has 8 heteroatoms. The highest BCUT2D eigenvalue weighted by Gasteiger charge is 2.41. The second-order valence-electron chi connectivity index (χ2n) is 11.9. The summed E-state index contributed by atoms with van der Waals surface area (Å²) in [4.78, 5) is 37.2. The first-order valence-electron chi connectivity index (χ1n) is 16.2. The van der Waals surface area contributed by atoms with Gasteiger partial charge >= 0.3 is 0 Å². The number of aromatic nitrogens is 5. The molecule has 240 valence electrons. The van der Waals surface area contributed by atoms with Gasteiger partial charge in [0.1, 0.15) is 17.2 Å². The lowest BCUT2D eigenvalue weighted by molar-refractivity contribution is 0.0935. The highest BCUT2D eigenvalue weighted by Crippen LogP contribution is 2.44. The fraction of sp³-hybridized carbons (Fsp3) is 0.0476. The molecular formula is C42H30N6O2. The van der Waals surface area contributed by atoms with Gasteiger partial charge in [0, 0.05) is 29.4 Å². The minimum Gasteiger partial charge on any atom is -0.338 e. The van der Waals surface area contributed by atoms with E-state index in [0.29, 0.717) is 11.0 Å². The highest BCUT2D eigenvalue weighted by molar-refractivity contribution is 6.03. The van der Waals surface area contributed by atoms with Crippen molar-refractivity contribution in [3.05, 3.63) is 192 Å². The maximum atomic E-state index is 13.6. The topological polar surface area (TPSA) is 106 Å². The Balaban J connectivity index is 1.38. The van der Waals surface area contributed by atoms with Gasteiger partial charge in [-0.05, 0) is 46.5 Å². The van der Waals surface area contributed by atoms with Crippen molar-refractivity contribution < 1.29 is 9.59 Å². The lowest BCUT2D eigenvalue weighted by Gasteiger charge is -2.37. The Labute approximate surface area is 287 Å². The van der Waals surface area contributed by atoms with E-state index in [1.807, 2.05) is 115 Å². The Morgan fingerprint density at radius 3 is 1.88 bits per heavy atom. The molecular weight excluding hydrogens is 621 g/mol. The summed E-state index contributed by atoms with van der Waals surface area (Å²) in [5.74, 6) is 1.49. The van der Waals surface area contributed by atoms with Gasteiger partial charge < -0.3 is 10.3 Å². The van der Waals surface area contributed by atoms with Crippen molar-refractivity contribution in [2.75, 3.05) is 0 Å². The lowest BCUT2D eigenvalue weighted by Crippen LogP contribution is -2.38. The second-order valence-corrected chi connectivity index (χ2v) is 11.9. The molecule has 3 aromatic heterocycles. The molecule has 50 heavy (non-hydrogen) atoms. The quantitative estimate of drug-likeness (QED) is 0.123. The molecule has 8 rings (SSSR count). The average molecular weight is 651 g/mol. The fourth-order valence-electron chi connectivity index (χ4n) is 6.77. The number of fused-ring (bicyclic) bond motifs is 2. The first-order valence-corrected chi connectivity index (χ1v) is 16.2. The van der Waals surface area contributed by atoms with E-state index in [-0.39, 0.29) is 5.82 Å². The first kappa shape index (κ1) is 30.4. The van der Waals surface area contributed by atoms with Gasteiger partial charge in [-0.15, -0.1) is 0 Å². The van der Waals surface area contributed by atoms with Crippen molar-refractivity contribution in [3.8, 4) is 11.3 Å². The number of rotatable bonds is 9. The van der Waals surface area contributed by atoms with Crippen LogP contribution in [0.25, 0.3) is 33.2 Å². The molecule has 1 amide bonds. The van der Waals surface area contributed by atoms with Gasteiger partial charge in [-0.1, -0.05) is 121 Å². The number of hydrogen-bond acceptors (Lipinski definition) is 5. The number of pyridine rings is 1. The molecule has 0 aliphatic rings. The molecule has 2 N–H and O–H groups in total. The highest BCUT2D eigenvalue weighted by atomic mass is 16.2. The van der Waals surface area contributed by atoms with Crippen molar-refractivity contribution in [2.45, 2.75) is 11.6 Å². The summed E-state index contributed by atoms with van der Waals surface area (Å²) < 4.78 is 2.10. The molecule has 0 aliphatic heterocycles. The zero-order valence-electron chi connectivity index (χ0n) is 26.8. The van der Waals surface area contributed by atoms with Crippen molar-refractivity contribution in [1.82, 2.24) is 30.0 Å². The number of carbonyl (C=O) groups excluding carboxylic acids is 2. The molecule has 0 saturated heterocycles. The molecule has 0 aliphatic carbocycles. The van der Waals surface area contributed by atoms with Gasteiger partial charge in [0.25, 0.3) is 5.91 Å². The third-order valence-electron chi connectivity index (χ3n) is 9.02. The molecule has 5 aromatic carbocycles. The number of carbonyl (C=O) groups is 1. The minimum absolute atomic E-state index is 0.123. The molecule has 0 saturated carbocycles. The SMILES string of the molecule is O=C=CC(NC(=O)c1nc2cc3c(-c4ccncc4)nn(C(c4ccccc4)(c4ccccc4)c4ccccc4)c3cc2[nH]1)c1ccccc1. The normalized spacial score (nSPS) is 12.0. The summed E-state index contributed by atoms with van der Waals surface area (Å²) in [6.07, 6.45) is 4.80. The average Bonchev–Trinajstić information content (AvgIpc) is 3.78. The third kappa shape index (κ3) is 5.26. The molecule has 0 radical (unpaired) electrons.